The van der Waals surface area contributed by atoms with E-state index in [1.807, 2.05) is 0 Å². The van der Waals surface area contributed by atoms with Gasteiger partial charge in [0.15, 0.2) is 0 Å². The van der Waals surface area contributed by atoms with Gasteiger partial charge < -0.3 is 15.3 Å². The van der Waals surface area contributed by atoms with Gasteiger partial charge >= 0.3 is 12.0 Å². The van der Waals surface area contributed by atoms with Gasteiger partial charge in [0.05, 0.1) is 6.26 Å². The summed E-state index contributed by atoms with van der Waals surface area (Å²) in [6, 6.07) is -0.228. The van der Waals surface area contributed by atoms with Crippen LogP contribution in [0, 0.1) is 0 Å². The van der Waals surface area contributed by atoms with Crippen molar-refractivity contribution in [3.05, 3.63) is 0 Å². The third kappa shape index (κ3) is 5.74. The predicted octanol–water partition coefficient (Wildman–Crippen LogP) is -0.472. The van der Waals surface area contributed by atoms with E-state index < -0.39 is 16.0 Å². The Kier molecular flexibility index (Phi) is 6.21. The molecule has 0 aliphatic carbocycles. The highest BCUT2D eigenvalue weighted by Gasteiger charge is 2.25. The van der Waals surface area contributed by atoms with Crippen molar-refractivity contribution >= 4 is 22.0 Å². The van der Waals surface area contributed by atoms with Crippen LogP contribution in [-0.2, 0) is 14.8 Å². The monoisotopic (exact) mass is 307 g/mol. The number of hydrogen-bond acceptors (Lipinski definition) is 4. The van der Waals surface area contributed by atoms with Gasteiger partial charge in [0, 0.05) is 39.1 Å². The van der Waals surface area contributed by atoms with Gasteiger partial charge in [-0.05, 0) is 12.8 Å². The van der Waals surface area contributed by atoms with Crippen LogP contribution in [0.25, 0.3) is 0 Å². The molecule has 1 heterocycles. The van der Waals surface area contributed by atoms with Crippen LogP contribution in [0.1, 0.15) is 19.3 Å². The average molecular weight is 307 g/mol. The van der Waals surface area contributed by atoms with Gasteiger partial charge in [-0.15, -0.1) is 0 Å². The highest BCUT2D eigenvalue weighted by atomic mass is 32.2. The summed E-state index contributed by atoms with van der Waals surface area (Å²) in [4.78, 5) is 23.7. The fourth-order valence-electron chi connectivity index (χ4n) is 1.93. The van der Waals surface area contributed by atoms with E-state index in [0.717, 1.165) is 6.26 Å². The number of nitrogens with one attached hydrogen (secondary N) is 1. The van der Waals surface area contributed by atoms with Crippen LogP contribution in [0.3, 0.4) is 0 Å². The predicted molar refractivity (Wildman–Crippen MR) is 72.9 cm³/mol. The van der Waals surface area contributed by atoms with E-state index in [1.165, 1.54) is 4.31 Å². The maximum atomic E-state index is 11.8. The maximum absolute atomic E-state index is 11.8. The number of unbranched alkanes of at least 4 members (excludes halogenated alkanes) is 1. The Hall–Kier alpha value is -1.35. The molecule has 1 aliphatic rings. The normalized spacial score (nSPS) is 16.9. The summed E-state index contributed by atoms with van der Waals surface area (Å²) in [5.41, 5.74) is 0. The third-order valence-corrected chi connectivity index (χ3v) is 4.39. The number of nitrogens with zero attached hydrogens (tertiary/aromatic N) is 2. The molecule has 2 amide bonds. The number of urea groups is 1. The molecule has 0 bridgehead atoms. The summed E-state index contributed by atoms with van der Waals surface area (Å²) >= 11 is 0. The van der Waals surface area contributed by atoms with Crippen LogP contribution in [0.2, 0.25) is 0 Å². The zero-order valence-corrected chi connectivity index (χ0v) is 12.4. The van der Waals surface area contributed by atoms with Gasteiger partial charge in [0.25, 0.3) is 0 Å². The number of sulfonamides is 1. The lowest BCUT2D eigenvalue weighted by atomic mass is 10.2. The third-order valence-electron chi connectivity index (χ3n) is 3.09. The number of carbonyl (C=O) groups excluding carboxylic acids is 1. The van der Waals surface area contributed by atoms with Crippen LogP contribution in [0.15, 0.2) is 0 Å². The Morgan fingerprint density at radius 3 is 2.25 bits per heavy atom. The van der Waals surface area contributed by atoms with E-state index in [9.17, 15) is 18.0 Å². The summed E-state index contributed by atoms with van der Waals surface area (Å²) in [5.74, 6) is -0.840. The number of carboxylic acids is 1. The molecule has 0 saturated carbocycles. The number of amides is 2. The summed E-state index contributed by atoms with van der Waals surface area (Å²) < 4.78 is 24.0. The first-order valence-electron chi connectivity index (χ1n) is 6.50. The van der Waals surface area contributed by atoms with E-state index in [4.69, 9.17) is 5.11 Å². The second-order valence-electron chi connectivity index (χ2n) is 4.73. The standard InChI is InChI=1S/C11H21N3O5S/c1-20(18,19)14-8-6-13(7-9-14)11(17)12-5-3-2-4-10(15)16/h2-9H2,1H3,(H,12,17)(H,15,16). The van der Waals surface area contributed by atoms with Crippen LogP contribution in [0.5, 0.6) is 0 Å². The van der Waals surface area contributed by atoms with E-state index in [1.54, 1.807) is 4.90 Å². The molecule has 0 radical (unpaired) electrons. The quantitative estimate of drug-likeness (QED) is 0.645. The van der Waals surface area contributed by atoms with Crippen molar-refractivity contribution in [3.8, 4) is 0 Å². The van der Waals surface area contributed by atoms with Crippen molar-refractivity contribution in [2.24, 2.45) is 0 Å². The number of rotatable bonds is 6. The Bertz CT molecular complexity index is 443. The SMILES string of the molecule is CS(=O)(=O)N1CCN(C(=O)NCCCCC(=O)O)CC1. The van der Waals surface area contributed by atoms with E-state index in [0.29, 0.717) is 45.6 Å². The Labute approximate surface area is 118 Å². The fraction of sp³-hybridized carbons (Fsp3) is 0.818. The van der Waals surface area contributed by atoms with Gasteiger partial charge in [-0.3, -0.25) is 4.79 Å². The molecule has 1 fully saturated rings. The fourth-order valence-corrected chi connectivity index (χ4v) is 2.76. The largest absolute Gasteiger partial charge is 0.481 e. The van der Waals surface area contributed by atoms with Gasteiger partial charge in [0.1, 0.15) is 0 Å². The lowest BCUT2D eigenvalue weighted by Gasteiger charge is -2.33. The van der Waals surface area contributed by atoms with E-state index >= 15 is 0 Å². The second kappa shape index (κ2) is 7.44. The average Bonchev–Trinajstić information content (AvgIpc) is 2.37. The minimum Gasteiger partial charge on any atom is -0.481 e. The molecule has 1 rings (SSSR count). The summed E-state index contributed by atoms with van der Waals surface area (Å²) in [7, 11) is -3.19. The number of carbonyl (C=O) groups is 2. The van der Waals surface area contributed by atoms with Crippen molar-refractivity contribution in [1.82, 2.24) is 14.5 Å². The van der Waals surface area contributed by atoms with Gasteiger partial charge in [0.2, 0.25) is 10.0 Å². The Morgan fingerprint density at radius 1 is 1.15 bits per heavy atom. The zero-order valence-electron chi connectivity index (χ0n) is 11.5. The number of hydrogen-bond donors (Lipinski definition) is 2. The molecular formula is C11H21N3O5S. The van der Waals surface area contributed by atoms with Crippen molar-refractivity contribution in [1.29, 1.82) is 0 Å². The lowest BCUT2D eigenvalue weighted by Crippen LogP contribution is -2.53. The molecule has 20 heavy (non-hydrogen) atoms. The molecule has 0 aromatic heterocycles. The van der Waals surface area contributed by atoms with Gasteiger partial charge in [-0.2, -0.15) is 4.31 Å². The molecule has 1 aliphatic heterocycles. The molecule has 0 spiro atoms. The topological polar surface area (TPSA) is 107 Å². The second-order valence-corrected chi connectivity index (χ2v) is 6.71. The van der Waals surface area contributed by atoms with Gasteiger partial charge in [-0.1, -0.05) is 0 Å². The molecule has 0 aromatic rings. The number of piperazine rings is 1. The number of carboxylic acid groups (broad SMARTS) is 1. The minimum atomic E-state index is -3.19. The Balaban J connectivity index is 2.21. The maximum Gasteiger partial charge on any atom is 0.317 e. The highest BCUT2D eigenvalue weighted by Crippen LogP contribution is 2.06. The molecule has 0 atom stereocenters. The van der Waals surface area contributed by atoms with Crippen molar-refractivity contribution in [3.63, 3.8) is 0 Å². The van der Waals surface area contributed by atoms with Crippen LogP contribution < -0.4 is 5.32 Å². The summed E-state index contributed by atoms with van der Waals surface area (Å²) in [6.45, 7) is 1.79. The van der Waals surface area contributed by atoms with E-state index in [-0.39, 0.29) is 12.5 Å². The molecule has 9 heteroatoms. The highest BCUT2D eigenvalue weighted by molar-refractivity contribution is 7.88. The first-order chi connectivity index (χ1) is 9.30. The first kappa shape index (κ1) is 16.7. The smallest absolute Gasteiger partial charge is 0.317 e. The molecule has 0 unspecified atom stereocenters. The summed E-state index contributed by atoms with van der Waals surface area (Å²) in [6.07, 6.45) is 2.40. The van der Waals surface area contributed by atoms with Crippen LogP contribution in [0.4, 0.5) is 4.79 Å². The molecular weight excluding hydrogens is 286 g/mol. The van der Waals surface area contributed by atoms with Crippen molar-refractivity contribution in [2.45, 2.75) is 19.3 Å². The van der Waals surface area contributed by atoms with Crippen molar-refractivity contribution < 1.29 is 23.1 Å². The number of aliphatic carboxylic acids is 1. The lowest BCUT2D eigenvalue weighted by molar-refractivity contribution is -0.137. The van der Waals surface area contributed by atoms with Crippen LogP contribution >= 0.6 is 0 Å². The van der Waals surface area contributed by atoms with E-state index in [2.05, 4.69) is 5.32 Å². The summed E-state index contributed by atoms with van der Waals surface area (Å²) in [5, 5.41) is 11.2. The molecule has 1 saturated heterocycles. The van der Waals surface area contributed by atoms with Crippen LogP contribution in [-0.4, -0.2) is 73.7 Å². The zero-order chi connectivity index (χ0) is 15.2. The molecule has 0 aromatic carbocycles. The Morgan fingerprint density at radius 2 is 1.75 bits per heavy atom. The molecule has 2 N–H and O–H groups in total. The minimum absolute atomic E-state index is 0.100. The first-order valence-corrected chi connectivity index (χ1v) is 8.35. The molecule has 8 nitrogen and oxygen atoms in total. The van der Waals surface area contributed by atoms with Gasteiger partial charge in [-0.25, -0.2) is 13.2 Å². The van der Waals surface area contributed by atoms with Crippen molar-refractivity contribution in [2.75, 3.05) is 39.0 Å². The molecule has 116 valence electrons.